The first-order chi connectivity index (χ1) is 28.5. The normalized spacial score (nSPS) is 15.8. The first-order valence-corrected chi connectivity index (χ1v) is 20.2. The van der Waals surface area contributed by atoms with E-state index in [0.29, 0.717) is 17.9 Å². The van der Waals surface area contributed by atoms with Crippen LogP contribution < -0.4 is 26.0 Å². The van der Waals surface area contributed by atoms with Gasteiger partial charge in [0.05, 0.1) is 38.0 Å². The van der Waals surface area contributed by atoms with Crippen LogP contribution in [-0.4, -0.2) is 103 Å². The molecule has 0 aliphatic carbocycles. The van der Waals surface area contributed by atoms with Crippen molar-refractivity contribution in [2.75, 3.05) is 46.1 Å². The van der Waals surface area contributed by atoms with Crippen molar-refractivity contribution in [1.82, 2.24) is 26.2 Å². The van der Waals surface area contributed by atoms with Gasteiger partial charge in [-0.25, -0.2) is 4.79 Å². The Balaban J connectivity index is 1.34. The van der Waals surface area contributed by atoms with Crippen LogP contribution in [0, 0.1) is 5.41 Å². The van der Waals surface area contributed by atoms with E-state index in [-0.39, 0.29) is 26.2 Å². The van der Waals surface area contributed by atoms with E-state index in [1.54, 1.807) is 12.1 Å². The number of ether oxygens (including phenoxy) is 3. The van der Waals surface area contributed by atoms with E-state index in [2.05, 4.69) is 26.2 Å². The fourth-order valence-electron chi connectivity index (χ4n) is 6.78. The number of aliphatic hydroxyl groups is 2. The fraction of sp³-hybridized carbons (Fsp3) is 0.413. The first kappa shape index (κ1) is 44.8. The smallest absolute Gasteiger partial charge is 0.408 e. The van der Waals surface area contributed by atoms with Gasteiger partial charge in [-0.15, -0.1) is 0 Å². The van der Waals surface area contributed by atoms with Crippen LogP contribution in [0.15, 0.2) is 115 Å². The van der Waals surface area contributed by atoms with E-state index >= 15 is 0 Å². The molecule has 0 radical (unpaired) electrons. The number of nitrogens with zero attached hydrogens (tertiary/aromatic N) is 1. The highest BCUT2D eigenvalue weighted by Gasteiger charge is 2.39. The van der Waals surface area contributed by atoms with Crippen LogP contribution in [0.3, 0.4) is 0 Å². The summed E-state index contributed by atoms with van der Waals surface area (Å²) in [6.45, 7) is 9.81. The summed E-state index contributed by atoms with van der Waals surface area (Å²) in [5.74, 6) is -0.428. The van der Waals surface area contributed by atoms with Gasteiger partial charge < -0.3 is 40.4 Å². The Hall–Kier alpha value is -5.31. The average Bonchev–Trinajstić information content (AvgIpc) is 3.25. The lowest BCUT2D eigenvalue weighted by molar-refractivity contribution is -0.131. The molecule has 13 heteroatoms. The van der Waals surface area contributed by atoms with Crippen molar-refractivity contribution in [3.05, 3.63) is 138 Å². The number of carbonyl (C=O) groups is 3. The van der Waals surface area contributed by atoms with Gasteiger partial charge in [-0.1, -0.05) is 124 Å². The molecule has 1 aliphatic rings. The lowest BCUT2D eigenvalue weighted by Crippen LogP contribution is -2.62. The second-order valence-corrected chi connectivity index (χ2v) is 15.8. The molecule has 5 atom stereocenters. The summed E-state index contributed by atoms with van der Waals surface area (Å²) >= 11 is 0. The van der Waals surface area contributed by atoms with Crippen LogP contribution in [0.4, 0.5) is 4.79 Å². The van der Waals surface area contributed by atoms with Crippen molar-refractivity contribution in [3.8, 4) is 5.75 Å². The largest absolute Gasteiger partial charge is 0.492 e. The molecular formula is C46H59N5O8. The third kappa shape index (κ3) is 14.5. The highest BCUT2D eigenvalue weighted by molar-refractivity contribution is 5.87. The molecule has 4 aromatic rings. The molecule has 3 amide bonds. The van der Waals surface area contributed by atoms with Crippen molar-refractivity contribution < 1.29 is 38.8 Å². The van der Waals surface area contributed by atoms with E-state index in [4.69, 9.17) is 14.2 Å². The molecular weight excluding hydrogens is 751 g/mol. The molecule has 4 aromatic carbocycles. The minimum Gasteiger partial charge on any atom is -0.492 e. The predicted octanol–water partition coefficient (Wildman–Crippen LogP) is 4.14. The number of nitrogens with one attached hydrogen (secondary N) is 4. The molecule has 59 heavy (non-hydrogen) atoms. The lowest BCUT2D eigenvalue weighted by Gasteiger charge is -2.35. The van der Waals surface area contributed by atoms with Crippen molar-refractivity contribution in [2.45, 2.75) is 70.6 Å². The summed E-state index contributed by atoms with van der Waals surface area (Å²) in [4.78, 5) is 43.8. The molecule has 0 spiro atoms. The Bertz CT molecular complexity index is 1860. The van der Waals surface area contributed by atoms with Gasteiger partial charge in [0.1, 0.15) is 31.0 Å². The molecule has 13 nitrogen and oxygen atoms in total. The van der Waals surface area contributed by atoms with Crippen molar-refractivity contribution >= 4 is 17.9 Å². The summed E-state index contributed by atoms with van der Waals surface area (Å²) in [6.07, 6.45) is -2.09. The van der Waals surface area contributed by atoms with Crippen molar-refractivity contribution in [3.63, 3.8) is 0 Å². The van der Waals surface area contributed by atoms with Gasteiger partial charge in [0.15, 0.2) is 0 Å². The van der Waals surface area contributed by atoms with Crippen LogP contribution >= 0.6 is 0 Å². The fourth-order valence-corrected chi connectivity index (χ4v) is 6.78. The maximum atomic E-state index is 14.3. The number of rotatable bonds is 20. The van der Waals surface area contributed by atoms with Gasteiger partial charge in [-0.05, 0) is 46.2 Å². The van der Waals surface area contributed by atoms with Crippen LogP contribution in [0.5, 0.6) is 5.75 Å². The van der Waals surface area contributed by atoms with E-state index < -0.39 is 53.6 Å². The molecule has 6 N–H and O–H groups in total. The SMILES string of the molecule is CC(C)(C)[C@H](NC(=O)OCc1ccccc1)C(=O)N[C@@H](Cc1ccccc1)[C@@H](O)[C@@H](NCc1ccc(OCCN2CCOCC2)cc1)C(=O)N[C@H](CO)c1ccccc1. The zero-order valence-corrected chi connectivity index (χ0v) is 34.2. The second kappa shape index (κ2) is 22.7. The summed E-state index contributed by atoms with van der Waals surface area (Å²) < 4.78 is 16.9. The predicted molar refractivity (Wildman–Crippen MR) is 225 cm³/mol. The minimum atomic E-state index is -1.48. The number of amides is 3. The number of carbonyl (C=O) groups excluding carboxylic acids is 3. The summed E-state index contributed by atoms with van der Waals surface area (Å²) in [5.41, 5.74) is 2.34. The monoisotopic (exact) mass is 809 g/mol. The Morgan fingerprint density at radius 3 is 1.98 bits per heavy atom. The molecule has 5 rings (SSSR count). The summed E-state index contributed by atoms with van der Waals surface area (Å²) in [5, 5.41) is 34.4. The van der Waals surface area contributed by atoms with E-state index in [0.717, 1.165) is 49.5 Å². The Kier molecular flexibility index (Phi) is 17.3. The number of morpholine rings is 1. The topological polar surface area (TPSA) is 171 Å². The number of hydrogen-bond donors (Lipinski definition) is 6. The van der Waals surface area contributed by atoms with Gasteiger partial charge >= 0.3 is 6.09 Å². The van der Waals surface area contributed by atoms with Crippen molar-refractivity contribution in [2.24, 2.45) is 5.41 Å². The molecule has 0 unspecified atom stereocenters. The maximum absolute atomic E-state index is 14.3. The number of hydrogen-bond acceptors (Lipinski definition) is 10. The molecule has 1 fully saturated rings. The van der Waals surface area contributed by atoms with Crippen LogP contribution in [-0.2, 0) is 38.6 Å². The number of alkyl carbamates (subject to hydrolysis) is 1. The summed E-state index contributed by atoms with van der Waals surface area (Å²) in [7, 11) is 0. The molecule has 316 valence electrons. The first-order valence-electron chi connectivity index (χ1n) is 20.2. The second-order valence-electron chi connectivity index (χ2n) is 15.8. The molecule has 1 heterocycles. The van der Waals surface area contributed by atoms with Gasteiger partial charge in [0.25, 0.3) is 0 Å². The molecule has 0 aromatic heterocycles. The van der Waals surface area contributed by atoms with Gasteiger partial charge in [-0.3, -0.25) is 19.8 Å². The Labute approximate surface area is 347 Å². The lowest BCUT2D eigenvalue weighted by atomic mass is 9.85. The highest BCUT2D eigenvalue weighted by Crippen LogP contribution is 2.22. The van der Waals surface area contributed by atoms with Crippen LogP contribution in [0.25, 0.3) is 0 Å². The number of aliphatic hydroxyl groups excluding tert-OH is 2. The van der Waals surface area contributed by atoms with Crippen LogP contribution in [0.1, 0.15) is 49.1 Å². The van der Waals surface area contributed by atoms with Gasteiger partial charge in [-0.2, -0.15) is 0 Å². The van der Waals surface area contributed by atoms with E-state index in [9.17, 15) is 24.6 Å². The third-order valence-corrected chi connectivity index (χ3v) is 10.2. The van der Waals surface area contributed by atoms with Crippen molar-refractivity contribution in [1.29, 1.82) is 0 Å². The Morgan fingerprint density at radius 2 is 1.37 bits per heavy atom. The van der Waals surface area contributed by atoms with E-state index in [1.165, 1.54) is 0 Å². The average molecular weight is 810 g/mol. The molecule has 1 aliphatic heterocycles. The minimum absolute atomic E-state index is 0.0193. The zero-order chi connectivity index (χ0) is 42.0. The Morgan fingerprint density at radius 1 is 0.763 bits per heavy atom. The van der Waals surface area contributed by atoms with Gasteiger partial charge in [0.2, 0.25) is 11.8 Å². The quantitative estimate of drug-likeness (QED) is 0.0764. The molecule has 0 bridgehead atoms. The standard InChI is InChI=1S/C46H59N5O8/c1-46(2,3)42(50-45(56)59-32-35-15-9-5-10-16-35)44(55)48-38(29-33-13-7-4-8-14-33)41(53)40(43(54)49-39(31-52)36-17-11-6-12-18-36)47-30-34-19-21-37(22-20-34)58-28-25-51-23-26-57-27-24-51/h4-22,38-42,47,52-53H,23-32H2,1-3H3,(H,48,55)(H,49,54)(H,50,56)/t38-,39+,40+,41+,42+/m0/s1. The third-order valence-electron chi connectivity index (χ3n) is 10.2. The van der Waals surface area contributed by atoms with E-state index in [1.807, 2.05) is 124 Å². The highest BCUT2D eigenvalue weighted by atomic mass is 16.5. The van der Waals surface area contributed by atoms with Crippen LogP contribution in [0.2, 0.25) is 0 Å². The maximum Gasteiger partial charge on any atom is 0.408 e. The zero-order valence-electron chi connectivity index (χ0n) is 34.2. The summed E-state index contributed by atoms with van der Waals surface area (Å²) in [6, 6.07) is 31.0. The van der Waals surface area contributed by atoms with Gasteiger partial charge in [0, 0.05) is 26.2 Å². The molecule has 0 saturated carbocycles. The number of benzene rings is 4. The molecule has 1 saturated heterocycles.